The molecule has 0 heterocycles. The van der Waals surface area contributed by atoms with Crippen molar-refractivity contribution in [3.05, 3.63) is 28.5 Å². The van der Waals surface area contributed by atoms with E-state index in [9.17, 15) is 13.2 Å². The summed E-state index contributed by atoms with van der Waals surface area (Å²) in [4.78, 5) is 0. The summed E-state index contributed by atoms with van der Waals surface area (Å²) >= 11 is 5.52. The molecule has 0 saturated heterocycles. The Hall–Kier alpha value is -0.900. The van der Waals surface area contributed by atoms with Gasteiger partial charge in [-0.15, -0.1) is 0 Å². The van der Waals surface area contributed by atoms with E-state index in [0.717, 1.165) is 6.07 Å². The fraction of sp³-hybridized carbons (Fsp3) is 0.250. The number of hydrogen-bond acceptors (Lipinski definition) is 1. The standard InChI is InChI=1S/C8H6ClF3O/c1-4-6(10)3-2-5(9)7(4)13-8(11)12/h2-3,8H,1H3. The van der Waals surface area contributed by atoms with E-state index in [0.29, 0.717) is 0 Å². The molecule has 5 heteroatoms. The Kier molecular flexibility index (Phi) is 3.03. The highest BCUT2D eigenvalue weighted by Gasteiger charge is 2.13. The Balaban J connectivity index is 3.10. The van der Waals surface area contributed by atoms with Crippen LogP contribution in [0.1, 0.15) is 5.56 Å². The molecule has 0 fully saturated rings. The van der Waals surface area contributed by atoms with Crippen molar-refractivity contribution in [1.29, 1.82) is 0 Å². The molecular weight excluding hydrogens is 205 g/mol. The summed E-state index contributed by atoms with van der Waals surface area (Å²) in [6.07, 6.45) is 0. The zero-order chi connectivity index (χ0) is 10.0. The maximum absolute atomic E-state index is 12.8. The van der Waals surface area contributed by atoms with Crippen LogP contribution in [-0.4, -0.2) is 6.61 Å². The zero-order valence-electron chi connectivity index (χ0n) is 6.65. The summed E-state index contributed by atoms with van der Waals surface area (Å²) in [6, 6.07) is 2.26. The number of hydrogen-bond donors (Lipinski definition) is 0. The van der Waals surface area contributed by atoms with Crippen molar-refractivity contribution in [3.63, 3.8) is 0 Å². The molecular formula is C8H6ClF3O. The first kappa shape index (κ1) is 10.2. The van der Waals surface area contributed by atoms with Gasteiger partial charge in [0.25, 0.3) is 0 Å². The van der Waals surface area contributed by atoms with E-state index >= 15 is 0 Å². The first-order chi connectivity index (χ1) is 6.02. The van der Waals surface area contributed by atoms with Crippen molar-refractivity contribution in [3.8, 4) is 5.75 Å². The third-order valence-corrected chi connectivity index (χ3v) is 1.80. The molecule has 0 aliphatic heterocycles. The number of alkyl halides is 2. The largest absolute Gasteiger partial charge is 0.433 e. The van der Waals surface area contributed by atoms with Gasteiger partial charge in [-0.25, -0.2) is 4.39 Å². The molecule has 1 nitrogen and oxygen atoms in total. The van der Waals surface area contributed by atoms with Crippen LogP contribution in [0.25, 0.3) is 0 Å². The third-order valence-electron chi connectivity index (χ3n) is 1.50. The van der Waals surface area contributed by atoms with Gasteiger partial charge in [-0.3, -0.25) is 0 Å². The van der Waals surface area contributed by atoms with Gasteiger partial charge in [0.15, 0.2) is 5.75 Å². The molecule has 0 aliphatic carbocycles. The lowest BCUT2D eigenvalue weighted by molar-refractivity contribution is -0.0504. The summed E-state index contributed by atoms with van der Waals surface area (Å²) in [6.45, 7) is -1.68. The van der Waals surface area contributed by atoms with Crippen LogP contribution in [0.4, 0.5) is 13.2 Å². The minimum Gasteiger partial charge on any atom is -0.433 e. The first-order valence-corrected chi connectivity index (χ1v) is 3.79. The lowest BCUT2D eigenvalue weighted by atomic mass is 10.2. The first-order valence-electron chi connectivity index (χ1n) is 3.41. The van der Waals surface area contributed by atoms with Crippen LogP contribution in [0.5, 0.6) is 5.75 Å². The SMILES string of the molecule is Cc1c(F)ccc(Cl)c1OC(F)F. The van der Waals surface area contributed by atoms with E-state index in [2.05, 4.69) is 4.74 Å². The highest BCUT2D eigenvalue weighted by atomic mass is 35.5. The lowest BCUT2D eigenvalue weighted by Crippen LogP contribution is -2.04. The molecule has 0 radical (unpaired) electrons. The maximum Gasteiger partial charge on any atom is 0.387 e. The number of rotatable bonds is 2. The summed E-state index contributed by atoms with van der Waals surface area (Å²) in [5, 5.41) is -0.0285. The molecule has 0 aliphatic rings. The molecule has 1 aromatic carbocycles. The Morgan fingerprint density at radius 2 is 2.00 bits per heavy atom. The molecule has 1 rings (SSSR count). The van der Waals surface area contributed by atoms with Crippen LogP contribution in [0.15, 0.2) is 12.1 Å². The molecule has 0 spiro atoms. The number of ether oxygens (including phenoxy) is 1. The van der Waals surface area contributed by atoms with Crippen molar-refractivity contribution in [2.24, 2.45) is 0 Å². The van der Waals surface area contributed by atoms with E-state index in [-0.39, 0.29) is 16.3 Å². The van der Waals surface area contributed by atoms with Crippen LogP contribution >= 0.6 is 11.6 Å². The molecule has 0 N–H and O–H groups in total. The van der Waals surface area contributed by atoms with Gasteiger partial charge in [0.2, 0.25) is 0 Å². The van der Waals surface area contributed by atoms with Crippen LogP contribution in [-0.2, 0) is 0 Å². The third kappa shape index (κ3) is 2.28. The summed E-state index contributed by atoms with van der Waals surface area (Å²) in [7, 11) is 0. The smallest absolute Gasteiger partial charge is 0.387 e. The van der Waals surface area contributed by atoms with Crippen LogP contribution in [0, 0.1) is 12.7 Å². The van der Waals surface area contributed by atoms with Crippen molar-refractivity contribution in [1.82, 2.24) is 0 Å². The highest BCUT2D eigenvalue weighted by molar-refractivity contribution is 6.32. The molecule has 0 atom stereocenters. The van der Waals surface area contributed by atoms with Crippen molar-refractivity contribution in [2.75, 3.05) is 0 Å². The molecule has 1 aromatic rings. The normalized spacial score (nSPS) is 10.6. The number of halogens is 4. The van der Waals surface area contributed by atoms with Crippen molar-refractivity contribution >= 4 is 11.6 Å². The van der Waals surface area contributed by atoms with E-state index in [1.165, 1.54) is 13.0 Å². The topological polar surface area (TPSA) is 9.23 Å². The van der Waals surface area contributed by atoms with Crippen LogP contribution in [0.2, 0.25) is 5.02 Å². The van der Waals surface area contributed by atoms with Gasteiger partial charge >= 0.3 is 6.61 Å². The van der Waals surface area contributed by atoms with Gasteiger partial charge in [0, 0.05) is 5.56 Å². The Labute approximate surface area is 78.1 Å². The fourth-order valence-corrected chi connectivity index (χ4v) is 1.12. The molecule has 0 bridgehead atoms. The summed E-state index contributed by atoms with van der Waals surface area (Å²) in [5.41, 5.74) is -0.0206. The maximum atomic E-state index is 12.8. The molecule has 0 saturated carbocycles. The fourth-order valence-electron chi connectivity index (χ4n) is 0.868. The summed E-state index contributed by atoms with van der Waals surface area (Å²) in [5.74, 6) is -0.934. The second-order valence-electron chi connectivity index (χ2n) is 2.36. The molecule has 0 unspecified atom stereocenters. The van der Waals surface area contributed by atoms with E-state index in [1.54, 1.807) is 0 Å². The van der Waals surface area contributed by atoms with Crippen LogP contribution in [0.3, 0.4) is 0 Å². The predicted molar refractivity (Wildman–Crippen MR) is 42.8 cm³/mol. The molecule has 13 heavy (non-hydrogen) atoms. The predicted octanol–water partition coefficient (Wildman–Crippen LogP) is 3.39. The van der Waals surface area contributed by atoms with Gasteiger partial charge in [0.1, 0.15) is 5.82 Å². The quantitative estimate of drug-likeness (QED) is 0.727. The van der Waals surface area contributed by atoms with Gasteiger partial charge in [-0.05, 0) is 19.1 Å². The zero-order valence-corrected chi connectivity index (χ0v) is 7.41. The minimum atomic E-state index is -3.00. The van der Waals surface area contributed by atoms with E-state index < -0.39 is 12.4 Å². The minimum absolute atomic E-state index is 0.0206. The van der Waals surface area contributed by atoms with Crippen molar-refractivity contribution in [2.45, 2.75) is 13.5 Å². The Bertz CT molecular complexity index is 315. The summed E-state index contributed by atoms with van der Waals surface area (Å²) < 4.78 is 40.5. The number of benzene rings is 1. The molecule has 0 aromatic heterocycles. The average molecular weight is 211 g/mol. The van der Waals surface area contributed by atoms with E-state index in [4.69, 9.17) is 11.6 Å². The Morgan fingerprint density at radius 1 is 1.38 bits per heavy atom. The monoisotopic (exact) mass is 210 g/mol. The lowest BCUT2D eigenvalue weighted by Gasteiger charge is -2.09. The van der Waals surface area contributed by atoms with E-state index in [1.807, 2.05) is 0 Å². The average Bonchev–Trinajstić information content (AvgIpc) is 2.05. The second kappa shape index (κ2) is 3.87. The van der Waals surface area contributed by atoms with Gasteiger partial charge in [0.05, 0.1) is 5.02 Å². The van der Waals surface area contributed by atoms with Crippen LogP contribution < -0.4 is 4.74 Å². The van der Waals surface area contributed by atoms with Crippen molar-refractivity contribution < 1.29 is 17.9 Å². The molecule has 72 valence electrons. The Morgan fingerprint density at radius 3 is 2.54 bits per heavy atom. The highest BCUT2D eigenvalue weighted by Crippen LogP contribution is 2.31. The van der Waals surface area contributed by atoms with Gasteiger partial charge in [-0.2, -0.15) is 8.78 Å². The van der Waals surface area contributed by atoms with Gasteiger partial charge < -0.3 is 4.74 Å². The second-order valence-corrected chi connectivity index (χ2v) is 2.77. The molecule has 0 amide bonds. The van der Waals surface area contributed by atoms with Gasteiger partial charge in [-0.1, -0.05) is 11.6 Å².